The van der Waals surface area contributed by atoms with Crippen molar-refractivity contribution in [2.45, 2.75) is 19.1 Å². The number of sulfonamides is 1. The third kappa shape index (κ3) is 4.81. The van der Waals surface area contributed by atoms with Gasteiger partial charge in [-0.1, -0.05) is 0 Å². The van der Waals surface area contributed by atoms with E-state index in [1.54, 1.807) is 12.1 Å². The van der Waals surface area contributed by atoms with Gasteiger partial charge in [-0.05, 0) is 19.1 Å². The maximum Gasteiger partial charge on any atom is 0.244 e. The highest BCUT2D eigenvalue weighted by Gasteiger charge is 2.28. The molecule has 23 heavy (non-hydrogen) atoms. The van der Waals surface area contributed by atoms with E-state index in [2.05, 4.69) is 15.4 Å². The van der Waals surface area contributed by atoms with Crippen molar-refractivity contribution >= 4 is 27.3 Å². The summed E-state index contributed by atoms with van der Waals surface area (Å²) in [6, 6.07) is 4.25. The molecule has 0 spiro atoms. The number of nitrogens with one attached hydrogen (secondary N) is 3. The van der Waals surface area contributed by atoms with Gasteiger partial charge in [-0.3, -0.25) is 9.52 Å². The molecule has 2 rings (SSSR count). The molecule has 0 unspecified atom stereocenters. The molecule has 1 heterocycles. The second-order valence-electron chi connectivity index (χ2n) is 5.29. The minimum atomic E-state index is -3.41. The van der Waals surface area contributed by atoms with Crippen LogP contribution < -0.4 is 20.1 Å². The molecule has 1 aliphatic rings. The van der Waals surface area contributed by atoms with Crippen molar-refractivity contribution in [1.29, 1.82) is 0 Å². The second kappa shape index (κ2) is 7.16. The van der Waals surface area contributed by atoms with Gasteiger partial charge in [-0.15, -0.1) is 0 Å². The van der Waals surface area contributed by atoms with Crippen LogP contribution in [-0.2, 0) is 19.6 Å². The van der Waals surface area contributed by atoms with Gasteiger partial charge in [0.25, 0.3) is 0 Å². The molecule has 8 nitrogen and oxygen atoms in total. The number of rotatable bonds is 5. The zero-order chi connectivity index (χ0) is 17.0. The van der Waals surface area contributed by atoms with Crippen molar-refractivity contribution in [3.05, 3.63) is 18.2 Å². The monoisotopic (exact) mass is 343 g/mol. The van der Waals surface area contributed by atoms with Crippen LogP contribution in [0.5, 0.6) is 5.75 Å². The Kier molecular flexibility index (Phi) is 5.45. The fourth-order valence-electron chi connectivity index (χ4n) is 2.30. The summed E-state index contributed by atoms with van der Waals surface area (Å²) >= 11 is 0. The predicted octanol–water partition coefficient (Wildman–Crippen LogP) is 0.382. The Morgan fingerprint density at radius 3 is 2.78 bits per heavy atom. The summed E-state index contributed by atoms with van der Waals surface area (Å²) in [5.74, 6) is 0.0946. The lowest BCUT2D eigenvalue weighted by atomic mass is 10.1. The molecule has 0 bridgehead atoms. The Balaban J connectivity index is 2.12. The largest absolute Gasteiger partial charge is 0.494 e. The maximum absolute atomic E-state index is 12.3. The summed E-state index contributed by atoms with van der Waals surface area (Å²) in [7, 11) is -1.99. The molecule has 1 saturated heterocycles. The average molecular weight is 343 g/mol. The van der Waals surface area contributed by atoms with Crippen LogP contribution in [0.15, 0.2) is 18.2 Å². The highest BCUT2D eigenvalue weighted by molar-refractivity contribution is 7.92. The van der Waals surface area contributed by atoms with Crippen LogP contribution in [0.4, 0.5) is 11.4 Å². The Bertz CT molecular complexity index is 677. The summed E-state index contributed by atoms with van der Waals surface area (Å²) in [6.07, 6.45) is 0.829. The van der Waals surface area contributed by atoms with Gasteiger partial charge in [-0.25, -0.2) is 8.42 Å². The predicted molar refractivity (Wildman–Crippen MR) is 87.3 cm³/mol. The Morgan fingerprint density at radius 2 is 2.17 bits per heavy atom. The molecule has 0 aliphatic carbocycles. The molecule has 1 fully saturated rings. The van der Waals surface area contributed by atoms with Crippen LogP contribution in [0.3, 0.4) is 0 Å². The molecular formula is C14H21N3O5S. The lowest BCUT2D eigenvalue weighted by Gasteiger charge is -2.29. The topological polar surface area (TPSA) is 106 Å². The number of anilines is 2. The van der Waals surface area contributed by atoms with Crippen molar-refractivity contribution < 1.29 is 22.7 Å². The molecule has 1 aliphatic heterocycles. The van der Waals surface area contributed by atoms with Gasteiger partial charge in [0.1, 0.15) is 11.8 Å². The van der Waals surface area contributed by atoms with Crippen LogP contribution in [0, 0.1) is 0 Å². The number of benzene rings is 1. The second-order valence-corrected chi connectivity index (χ2v) is 7.03. The average Bonchev–Trinajstić information content (AvgIpc) is 2.47. The SMILES string of the molecule is COc1cc(NC(=O)[C@H]2NCCO[C@@H]2C)ccc1NS(C)(=O)=O. The third-order valence-electron chi connectivity index (χ3n) is 3.36. The van der Waals surface area contributed by atoms with Gasteiger partial charge < -0.3 is 20.1 Å². The zero-order valence-corrected chi connectivity index (χ0v) is 14.1. The number of amides is 1. The highest BCUT2D eigenvalue weighted by atomic mass is 32.2. The smallest absolute Gasteiger partial charge is 0.244 e. The Hall–Kier alpha value is -1.84. The zero-order valence-electron chi connectivity index (χ0n) is 13.3. The van der Waals surface area contributed by atoms with E-state index in [4.69, 9.17) is 9.47 Å². The van der Waals surface area contributed by atoms with E-state index >= 15 is 0 Å². The maximum atomic E-state index is 12.3. The number of hydrogen-bond acceptors (Lipinski definition) is 6. The number of morpholine rings is 1. The minimum Gasteiger partial charge on any atom is -0.494 e. The fourth-order valence-corrected chi connectivity index (χ4v) is 2.87. The minimum absolute atomic E-state index is 0.219. The van der Waals surface area contributed by atoms with Gasteiger partial charge >= 0.3 is 0 Å². The molecule has 0 radical (unpaired) electrons. The van der Waals surface area contributed by atoms with Crippen molar-refractivity contribution in [3.63, 3.8) is 0 Å². The van der Waals surface area contributed by atoms with Crippen LogP contribution in [0.25, 0.3) is 0 Å². The first-order valence-electron chi connectivity index (χ1n) is 7.12. The van der Waals surface area contributed by atoms with Crippen LogP contribution in [0.1, 0.15) is 6.92 Å². The lowest BCUT2D eigenvalue weighted by Crippen LogP contribution is -2.53. The standard InChI is InChI=1S/C14H21N3O5S/c1-9-13(15-6-7-22-9)14(18)16-10-4-5-11(12(8-10)21-2)17-23(3,19)20/h4-5,8-9,13,15,17H,6-7H2,1-3H3,(H,16,18)/t9-,13+/m1/s1. The molecule has 9 heteroatoms. The molecule has 1 aromatic carbocycles. The Labute approximate surface area is 135 Å². The van der Waals surface area contributed by atoms with Gasteiger partial charge in [0, 0.05) is 18.3 Å². The lowest BCUT2D eigenvalue weighted by molar-refractivity contribution is -0.123. The summed E-state index contributed by atoms with van der Waals surface area (Å²) in [5, 5.41) is 5.87. The molecule has 0 saturated carbocycles. The number of carbonyl (C=O) groups excluding carboxylic acids is 1. The van der Waals surface area contributed by atoms with Crippen LogP contribution in [0.2, 0.25) is 0 Å². The van der Waals surface area contributed by atoms with E-state index in [-0.39, 0.29) is 12.0 Å². The van der Waals surface area contributed by atoms with Gasteiger partial charge in [0.15, 0.2) is 0 Å². The first-order valence-corrected chi connectivity index (χ1v) is 9.01. The third-order valence-corrected chi connectivity index (χ3v) is 3.95. The van der Waals surface area contributed by atoms with E-state index in [9.17, 15) is 13.2 Å². The van der Waals surface area contributed by atoms with Crippen molar-refractivity contribution in [3.8, 4) is 5.75 Å². The molecular weight excluding hydrogens is 322 g/mol. The first kappa shape index (κ1) is 17.5. The quantitative estimate of drug-likeness (QED) is 0.714. The molecule has 2 atom stereocenters. The molecule has 0 aromatic heterocycles. The first-order chi connectivity index (χ1) is 10.8. The molecule has 1 amide bonds. The van der Waals surface area contributed by atoms with Crippen LogP contribution in [-0.4, -0.2) is 53.0 Å². The summed E-state index contributed by atoms with van der Waals surface area (Å²) < 4.78 is 35.6. The molecule has 128 valence electrons. The molecule has 3 N–H and O–H groups in total. The number of methoxy groups -OCH3 is 1. The fraction of sp³-hybridized carbons (Fsp3) is 0.500. The summed E-state index contributed by atoms with van der Waals surface area (Å²) in [4.78, 5) is 12.3. The highest BCUT2D eigenvalue weighted by Crippen LogP contribution is 2.28. The van der Waals surface area contributed by atoms with E-state index in [0.29, 0.717) is 30.3 Å². The van der Waals surface area contributed by atoms with Crippen LogP contribution >= 0.6 is 0 Å². The van der Waals surface area contributed by atoms with E-state index < -0.39 is 16.1 Å². The normalized spacial score (nSPS) is 21.5. The Morgan fingerprint density at radius 1 is 1.43 bits per heavy atom. The van der Waals surface area contributed by atoms with Gasteiger partial charge in [0.2, 0.25) is 15.9 Å². The number of carbonyl (C=O) groups is 1. The van der Waals surface area contributed by atoms with Crippen molar-refractivity contribution in [1.82, 2.24) is 5.32 Å². The summed E-state index contributed by atoms with van der Waals surface area (Å²) in [5.41, 5.74) is 0.811. The van der Waals surface area contributed by atoms with Crippen molar-refractivity contribution in [2.24, 2.45) is 0 Å². The van der Waals surface area contributed by atoms with Gasteiger partial charge in [-0.2, -0.15) is 0 Å². The van der Waals surface area contributed by atoms with E-state index in [0.717, 1.165) is 6.26 Å². The number of hydrogen-bond donors (Lipinski definition) is 3. The molecule has 1 aromatic rings. The van der Waals surface area contributed by atoms with E-state index in [1.165, 1.54) is 13.2 Å². The summed E-state index contributed by atoms with van der Waals surface area (Å²) in [6.45, 7) is 3.02. The van der Waals surface area contributed by atoms with E-state index in [1.807, 2.05) is 6.92 Å². The number of ether oxygens (including phenoxy) is 2. The van der Waals surface area contributed by atoms with Gasteiger partial charge in [0.05, 0.1) is 31.8 Å². The van der Waals surface area contributed by atoms with Crippen molar-refractivity contribution in [2.75, 3.05) is 36.6 Å².